The van der Waals surface area contributed by atoms with E-state index in [0.29, 0.717) is 5.92 Å². The summed E-state index contributed by atoms with van der Waals surface area (Å²) in [5.74, 6) is 0.440. The zero-order chi connectivity index (χ0) is 10.0. The maximum Gasteiger partial charge on any atom is 0.222 e. The van der Waals surface area contributed by atoms with Gasteiger partial charge in [-0.05, 0) is 18.8 Å². The fourth-order valence-corrected chi connectivity index (χ4v) is 1.74. The first-order valence-electron chi connectivity index (χ1n) is 5.00. The lowest BCUT2D eigenvalue weighted by molar-refractivity contribution is -0.125. The van der Waals surface area contributed by atoms with Crippen LogP contribution in [0.15, 0.2) is 0 Å². The first-order valence-corrected chi connectivity index (χ1v) is 5.00. The highest BCUT2D eigenvalue weighted by Crippen LogP contribution is 2.25. The molecule has 0 radical (unpaired) electrons. The lowest BCUT2D eigenvalue weighted by atomic mass is 10.0. The summed E-state index contributed by atoms with van der Waals surface area (Å²) in [5.41, 5.74) is 0. The third kappa shape index (κ3) is 2.44. The minimum atomic E-state index is -0.349. The molecule has 0 aromatic rings. The van der Waals surface area contributed by atoms with Gasteiger partial charge in [0.05, 0.1) is 12.1 Å². The third-order valence-electron chi connectivity index (χ3n) is 2.78. The van der Waals surface area contributed by atoms with Crippen LogP contribution >= 0.6 is 0 Å². The lowest BCUT2D eigenvalue weighted by Gasteiger charge is -2.21. The molecule has 0 bridgehead atoms. The SMILES string of the molecule is CC(C)C(=O)N[C@@H]1[C@@H](C)CC[C@@H]1O. The van der Waals surface area contributed by atoms with Gasteiger partial charge < -0.3 is 10.4 Å². The Morgan fingerprint density at radius 1 is 1.46 bits per heavy atom. The van der Waals surface area contributed by atoms with Gasteiger partial charge >= 0.3 is 0 Å². The van der Waals surface area contributed by atoms with Crippen LogP contribution in [0, 0.1) is 11.8 Å². The molecule has 13 heavy (non-hydrogen) atoms. The average Bonchev–Trinajstić information content (AvgIpc) is 2.35. The Morgan fingerprint density at radius 2 is 2.08 bits per heavy atom. The number of aliphatic hydroxyl groups excluding tert-OH is 1. The molecule has 3 heteroatoms. The zero-order valence-corrected chi connectivity index (χ0v) is 8.58. The van der Waals surface area contributed by atoms with E-state index in [2.05, 4.69) is 12.2 Å². The molecule has 0 unspecified atom stereocenters. The first kappa shape index (κ1) is 10.5. The fraction of sp³-hybridized carbons (Fsp3) is 0.900. The second kappa shape index (κ2) is 4.09. The van der Waals surface area contributed by atoms with Crippen molar-refractivity contribution >= 4 is 5.91 Å². The van der Waals surface area contributed by atoms with Gasteiger partial charge in [0.1, 0.15) is 0 Å². The second-order valence-electron chi connectivity index (χ2n) is 4.31. The molecular weight excluding hydrogens is 166 g/mol. The number of aliphatic hydroxyl groups is 1. The van der Waals surface area contributed by atoms with Gasteiger partial charge in [0, 0.05) is 5.92 Å². The van der Waals surface area contributed by atoms with Crippen molar-refractivity contribution < 1.29 is 9.90 Å². The third-order valence-corrected chi connectivity index (χ3v) is 2.78. The van der Waals surface area contributed by atoms with Gasteiger partial charge in [-0.15, -0.1) is 0 Å². The molecule has 1 aliphatic rings. The summed E-state index contributed by atoms with van der Waals surface area (Å²) in [5, 5.41) is 12.5. The molecule has 1 saturated carbocycles. The van der Waals surface area contributed by atoms with E-state index in [1.165, 1.54) is 0 Å². The molecule has 2 N–H and O–H groups in total. The van der Waals surface area contributed by atoms with Crippen LogP contribution < -0.4 is 5.32 Å². The van der Waals surface area contributed by atoms with E-state index < -0.39 is 0 Å². The predicted octanol–water partition coefficient (Wildman–Crippen LogP) is 0.918. The molecule has 0 heterocycles. The molecule has 0 spiro atoms. The summed E-state index contributed by atoms with van der Waals surface area (Å²) in [6.45, 7) is 5.80. The van der Waals surface area contributed by atoms with E-state index in [1.807, 2.05) is 13.8 Å². The van der Waals surface area contributed by atoms with Gasteiger partial charge in [-0.25, -0.2) is 0 Å². The van der Waals surface area contributed by atoms with E-state index in [1.54, 1.807) is 0 Å². The summed E-state index contributed by atoms with van der Waals surface area (Å²) < 4.78 is 0. The number of hydrogen-bond acceptors (Lipinski definition) is 2. The molecule has 3 nitrogen and oxygen atoms in total. The number of carbonyl (C=O) groups is 1. The number of amides is 1. The quantitative estimate of drug-likeness (QED) is 0.672. The molecular formula is C10H19NO2. The van der Waals surface area contributed by atoms with Crippen LogP contribution in [0.25, 0.3) is 0 Å². The van der Waals surface area contributed by atoms with Crippen molar-refractivity contribution in [1.29, 1.82) is 0 Å². The average molecular weight is 185 g/mol. The van der Waals surface area contributed by atoms with Gasteiger partial charge in [-0.2, -0.15) is 0 Å². The van der Waals surface area contributed by atoms with Crippen LogP contribution in [0.1, 0.15) is 33.6 Å². The standard InChI is InChI=1S/C10H19NO2/c1-6(2)10(13)11-9-7(3)4-5-8(9)12/h6-9,12H,4-5H2,1-3H3,(H,11,13)/t7-,8-,9+/m0/s1. The Hall–Kier alpha value is -0.570. The van der Waals surface area contributed by atoms with Crippen molar-refractivity contribution in [1.82, 2.24) is 5.32 Å². The Morgan fingerprint density at radius 3 is 2.46 bits per heavy atom. The summed E-state index contributed by atoms with van der Waals surface area (Å²) in [6, 6.07) is -0.0325. The zero-order valence-electron chi connectivity index (χ0n) is 8.58. The maximum absolute atomic E-state index is 11.4. The molecule has 0 aromatic heterocycles. The summed E-state index contributed by atoms with van der Waals surface area (Å²) in [4.78, 5) is 11.4. The van der Waals surface area contributed by atoms with E-state index in [9.17, 15) is 9.90 Å². The Bertz CT molecular complexity index is 181. The number of nitrogens with one attached hydrogen (secondary N) is 1. The Balaban J connectivity index is 2.47. The summed E-state index contributed by atoms with van der Waals surface area (Å²) >= 11 is 0. The lowest BCUT2D eigenvalue weighted by Crippen LogP contribution is -2.44. The van der Waals surface area contributed by atoms with Crippen LogP contribution in [-0.4, -0.2) is 23.2 Å². The highest BCUT2D eigenvalue weighted by molar-refractivity contribution is 5.78. The van der Waals surface area contributed by atoms with Crippen LogP contribution in [0.4, 0.5) is 0 Å². The molecule has 3 atom stereocenters. The number of rotatable bonds is 2. The van der Waals surface area contributed by atoms with Crippen molar-refractivity contribution in [2.75, 3.05) is 0 Å². The van der Waals surface area contributed by atoms with Crippen LogP contribution in [-0.2, 0) is 4.79 Å². The summed E-state index contributed by atoms with van der Waals surface area (Å²) in [7, 11) is 0. The largest absolute Gasteiger partial charge is 0.391 e. The molecule has 1 rings (SSSR count). The van der Waals surface area contributed by atoms with Gasteiger partial charge in [0.2, 0.25) is 5.91 Å². The number of hydrogen-bond donors (Lipinski definition) is 2. The maximum atomic E-state index is 11.4. The van der Waals surface area contributed by atoms with E-state index in [-0.39, 0.29) is 24.0 Å². The van der Waals surface area contributed by atoms with Gasteiger partial charge in [-0.3, -0.25) is 4.79 Å². The first-order chi connectivity index (χ1) is 6.02. The van der Waals surface area contributed by atoms with Crippen molar-refractivity contribution in [3.63, 3.8) is 0 Å². The van der Waals surface area contributed by atoms with Crippen molar-refractivity contribution in [3.05, 3.63) is 0 Å². The van der Waals surface area contributed by atoms with Crippen molar-refractivity contribution in [2.45, 2.75) is 45.8 Å². The molecule has 0 saturated heterocycles. The van der Waals surface area contributed by atoms with Crippen LogP contribution in [0.5, 0.6) is 0 Å². The van der Waals surface area contributed by atoms with Crippen molar-refractivity contribution in [3.8, 4) is 0 Å². The van der Waals surface area contributed by atoms with Gasteiger partial charge in [0.15, 0.2) is 0 Å². The van der Waals surface area contributed by atoms with Crippen molar-refractivity contribution in [2.24, 2.45) is 11.8 Å². The fourth-order valence-electron chi connectivity index (χ4n) is 1.74. The van der Waals surface area contributed by atoms with E-state index in [4.69, 9.17) is 0 Å². The normalized spacial score (nSPS) is 33.8. The molecule has 0 aromatic carbocycles. The highest BCUT2D eigenvalue weighted by atomic mass is 16.3. The van der Waals surface area contributed by atoms with E-state index in [0.717, 1.165) is 12.8 Å². The molecule has 76 valence electrons. The second-order valence-corrected chi connectivity index (χ2v) is 4.31. The van der Waals surface area contributed by atoms with Gasteiger partial charge in [-0.1, -0.05) is 20.8 Å². The molecule has 0 aliphatic heterocycles. The Kier molecular flexibility index (Phi) is 3.31. The predicted molar refractivity (Wildman–Crippen MR) is 51.2 cm³/mol. The number of carbonyl (C=O) groups excluding carboxylic acids is 1. The van der Waals surface area contributed by atoms with Crippen LogP contribution in [0.2, 0.25) is 0 Å². The smallest absolute Gasteiger partial charge is 0.222 e. The molecule has 1 aliphatic carbocycles. The van der Waals surface area contributed by atoms with Crippen LogP contribution in [0.3, 0.4) is 0 Å². The highest BCUT2D eigenvalue weighted by Gasteiger charge is 2.33. The Labute approximate surface area is 79.5 Å². The summed E-state index contributed by atoms with van der Waals surface area (Å²) in [6.07, 6.45) is 1.46. The monoisotopic (exact) mass is 185 g/mol. The van der Waals surface area contributed by atoms with E-state index >= 15 is 0 Å². The minimum absolute atomic E-state index is 0.000000000000000222. The topological polar surface area (TPSA) is 49.3 Å². The molecule has 1 amide bonds. The van der Waals surface area contributed by atoms with Gasteiger partial charge in [0.25, 0.3) is 0 Å². The minimum Gasteiger partial charge on any atom is -0.391 e. The molecule has 1 fully saturated rings.